The average Bonchev–Trinajstić information content (AvgIpc) is 3.18. The summed E-state index contributed by atoms with van der Waals surface area (Å²) in [5.41, 5.74) is 11.9. The Balaban J connectivity index is 1.52. The maximum Gasteiger partial charge on any atom is 0.0159 e. The lowest BCUT2D eigenvalue weighted by Gasteiger charge is -2.23. The van der Waals surface area contributed by atoms with E-state index < -0.39 is 0 Å². The van der Waals surface area contributed by atoms with Crippen molar-refractivity contribution in [2.75, 3.05) is 0 Å². The lowest BCUT2D eigenvalue weighted by atomic mass is 9.80. The fourth-order valence-electron chi connectivity index (χ4n) is 6.42. The van der Waals surface area contributed by atoms with Crippen molar-refractivity contribution in [1.29, 1.82) is 0 Å². The number of benzene rings is 6. The largest absolute Gasteiger partial charge is 0.0622 e. The number of hydrogen-bond acceptors (Lipinski definition) is 0. The van der Waals surface area contributed by atoms with Crippen LogP contribution in [0, 0.1) is 6.92 Å². The van der Waals surface area contributed by atoms with E-state index in [1.54, 1.807) is 0 Å². The zero-order valence-electron chi connectivity index (χ0n) is 22.1. The molecule has 0 radical (unpaired) electrons. The van der Waals surface area contributed by atoms with Gasteiger partial charge in [0.1, 0.15) is 0 Å². The van der Waals surface area contributed by atoms with E-state index in [0.717, 1.165) is 0 Å². The third-order valence-corrected chi connectivity index (χ3v) is 8.34. The molecule has 38 heavy (non-hydrogen) atoms. The quantitative estimate of drug-likeness (QED) is 0.172. The van der Waals surface area contributed by atoms with Gasteiger partial charge in [-0.2, -0.15) is 0 Å². The van der Waals surface area contributed by atoms with E-state index in [-0.39, 0.29) is 5.41 Å². The molecule has 0 amide bonds. The maximum atomic E-state index is 2.46. The van der Waals surface area contributed by atoms with E-state index in [1.807, 2.05) is 0 Å². The van der Waals surface area contributed by atoms with Gasteiger partial charge in [0, 0.05) is 5.41 Å². The molecule has 0 N–H and O–H groups in total. The van der Waals surface area contributed by atoms with Crippen LogP contribution in [0.4, 0.5) is 0 Å². The van der Waals surface area contributed by atoms with Crippen LogP contribution in [-0.4, -0.2) is 0 Å². The van der Waals surface area contributed by atoms with Gasteiger partial charge in [-0.05, 0) is 79.0 Å². The summed E-state index contributed by atoms with van der Waals surface area (Å²) in [6.45, 7) is 6.92. The summed E-state index contributed by atoms with van der Waals surface area (Å²) in [6, 6.07) is 42.4. The standard InChI is InChI=1S/C38H30/c1-25-17-20-30-29(21-18-26-11-5-4-6-12-26)28-13-7-8-15-33(28)37(34(30)23-25)27-19-22-32-31-14-9-10-16-35(31)38(2,3)36(32)24-27/h4-24H,1-3H3/b21-18+. The molecule has 1 aliphatic rings. The molecule has 6 aromatic rings. The zero-order chi connectivity index (χ0) is 25.9. The first-order valence-electron chi connectivity index (χ1n) is 13.5. The molecule has 0 saturated carbocycles. The van der Waals surface area contributed by atoms with E-state index in [1.165, 1.54) is 71.6 Å². The van der Waals surface area contributed by atoms with E-state index in [9.17, 15) is 0 Å². The van der Waals surface area contributed by atoms with Crippen LogP contribution < -0.4 is 0 Å². The van der Waals surface area contributed by atoms with Crippen LogP contribution >= 0.6 is 0 Å². The highest BCUT2D eigenvalue weighted by Crippen LogP contribution is 2.50. The maximum absolute atomic E-state index is 2.46. The van der Waals surface area contributed by atoms with Gasteiger partial charge in [-0.3, -0.25) is 0 Å². The summed E-state index contributed by atoms with van der Waals surface area (Å²) in [6.07, 6.45) is 4.53. The van der Waals surface area contributed by atoms with Gasteiger partial charge in [0.05, 0.1) is 0 Å². The number of hydrogen-bond donors (Lipinski definition) is 0. The normalized spacial score (nSPS) is 13.8. The minimum atomic E-state index is -0.0260. The molecule has 0 heterocycles. The molecule has 6 aromatic carbocycles. The Bertz CT molecular complexity index is 1880. The van der Waals surface area contributed by atoms with Crippen molar-refractivity contribution < 1.29 is 0 Å². The molecule has 0 spiro atoms. The zero-order valence-corrected chi connectivity index (χ0v) is 22.1. The monoisotopic (exact) mass is 486 g/mol. The van der Waals surface area contributed by atoms with Crippen molar-refractivity contribution in [2.45, 2.75) is 26.2 Å². The lowest BCUT2D eigenvalue weighted by molar-refractivity contribution is 0.660. The van der Waals surface area contributed by atoms with Gasteiger partial charge in [-0.1, -0.05) is 141 Å². The van der Waals surface area contributed by atoms with Gasteiger partial charge in [0.15, 0.2) is 0 Å². The Labute approximate surface area is 224 Å². The van der Waals surface area contributed by atoms with Crippen molar-refractivity contribution in [3.63, 3.8) is 0 Å². The van der Waals surface area contributed by atoms with Crippen molar-refractivity contribution in [3.8, 4) is 22.3 Å². The smallest absolute Gasteiger partial charge is 0.0159 e. The predicted octanol–water partition coefficient (Wildman–Crippen LogP) is 10.4. The highest BCUT2D eigenvalue weighted by atomic mass is 14.4. The van der Waals surface area contributed by atoms with Gasteiger partial charge in [0.25, 0.3) is 0 Å². The van der Waals surface area contributed by atoms with E-state index in [0.29, 0.717) is 0 Å². The highest BCUT2D eigenvalue weighted by Gasteiger charge is 2.35. The molecule has 0 saturated heterocycles. The van der Waals surface area contributed by atoms with Crippen LogP contribution in [0.5, 0.6) is 0 Å². The molecule has 0 fully saturated rings. The van der Waals surface area contributed by atoms with Gasteiger partial charge in [-0.15, -0.1) is 0 Å². The number of fused-ring (bicyclic) bond motifs is 5. The van der Waals surface area contributed by atoms with Crippen molar-refractivity contribution >= 4 is 33.7 Å². The van der Waals surface area contributed by atoms with E-state index in [4.69, 9.17) is 0 Å². The van der Waals surface area contributed by atoms with Crippen LogP contribution in [0.3, 0.4) is 0 Å². The average molecular weight is 487 g/mol. The fourth-order valence-corrected chi connectivity index (χ4v) is 6.42. The van der Waals surface area contributed by atoms with Gasteiger partial charge in [-0.25, -0.2) is 0 Å². The third-order valence-electron chi connectivity index (χ3n) is 8.34. The third kappa shape index (κ3) is 3.45. The molecule has 0 aliphatic heterocycles. The summed E-state index contributed by atoms with van der Waals surface area (Å²) in [5, 5.41) is 5.19. The van der Waals surface area contributed by atoms with Gasteiger partial charge >= 0.3 is 0 Å². The predicted molar refractivity (Wildman–Crippen MR) is 165 cm³/mol. The SMILES string of the molecule is Cc1ccc2c(/C=C/c3ccccc3)c3ccccc3c(-c3ccc4c(c3)C(C)(C)c3ccccc3-4)c2c1. The van der Waals surface area contributed by atoms with Crippen LogP contribution in [0.15, 0.2) is 115 Å². The van der Waals surface area contributed by atoms with Crippen LogP contribution in [0.2, 0.25) is 0 Å². The summed E-state index contributed by atoms with van der Waals surface area (Å²) in [5.74, 6) is 0. The minimum Gasteiger partial charge on any atom is -0.0622 e. The molecule has 0 heteroatoms. The number of aryl methyl sites for hydroxylation is 1. The molecule has 0 bridgehead atoms. The summed E-state index contributed by atoms with van der Waals surface area (Å²) >= 11 is 0. The van der Waals surface area contributed by atoms with Crippen molar-refractivity contribution in [3.05, 3.63) is 143 Å². The summed E-state index contributed by atoms with van der Waals surface area (Å²) < 4.78 is 0. The second-order valence-electron chi connectivity index (χ2n) is 11.1. The van der Waals surface area contributed by atoms with E-state index >= 15 is 0 Å². The number of rotatable bonds is 3. The summed E-state index contributed by atoms with van der Waals surface area (Å²) in [4.78, 5) is 0. The molecular weight excluding hydrogens is 456 g/mol. The van der Waals surface area contributed by atoms with Gasteiger partial charge in [0.2, 0.25) is 0 Å². The molecule has 7 rings (SSSR count). The minimum absolute atomic E-state index is 0.0260. The Morgan fingerprint density at radius 3 is 2.05 bits per heavy atom. The first-order valence-corrected chi connectivity index (χ1v) is 13.5. The van der Waals surface area contributed by atoms with E-state index in [2.05, 4.69) is 148 Å². The first kappa shape index (κ1) is 22.8. The molecule has 0 nitrogen and oxygen atoms in total. The Morgan fingerprint density at radius 2 is 1.21 bits per heavy atom. The highest BCUT2D eigenvalue weighted by molar-refractivity contribution is 6.18. The second-order valence-corrected chi connectivity index (χ2v) is 11.1. The van der Waals surface area contributed by atoms with Crippen LogP contribution in [0.1, 0.15) is 41.7 Å². The van der Waals surface area contributed by atoms with Gasteiger partial charge < -0.3 is 0 Å². The Kier molecular flexibility index (Phi) is 5.13. The molecular formula is C38H30. The van der Waals surface area contributed by atoms with Crippen LogP contribution in [-0.2, 0) is 5.41 Å². The topological polar surface area (TPSA) is 0 Å². The lowest BCUT2D eigenvalue weighted by Crippen LogP contribution is -2.14. The molecule has 0 aromatic heterocycles. The first-order chi connectivity index (χ1) is 18.5. The van der Waals surface area contributed by atoms with Crippen LogP contribution in [0.25, 0.3) is 56.0 Å². The second kappa shape index (κ2) is 8.57. The Morgan fingerprint density at radius 1 is 0.526 bits per heavy atom. The molecule has 1 aliphatic carbocycles. The van der Waals surface area contributed by atoms with Crippen molar-refractivity contribution in [2.24, 2.45) is 0 Å². The molecule has 0 unspecified atom stereocenters. The molecule has 0 atom stereocenters. The molecule has 182 valence electrons. The summed E-state index contributed by atoms with van der Waals surface area (Å²) in [7, 11) is 0. The van der Waals surface area contributed by atoms with Crippen molar-refractivity contribution in [1.82, 2.24) is 0 Å². The fraction of sp³-hybridized carbons (Fsp3) is 0.105. The Hall–Kier alpha value is -4.42.